The molecule has 0 spiro atoms. The number of carbonyl (C=O) groups excluding carboxylic acids is 2. The zero-order chi connectivity index (χ0) is 20.9. The number of hydrogen-bond acceptors (Lipinski definition) is 6. The minimum atomic E-state index is -2.41. The predicted molar refractivity (Wildman–Crippen MR) is 114 cm³/mol. The summed E-state index contributed by atoms with van der Waals surface area (Å²) in [4.78, 5) is 28.0. The second-order valence-corrected chi connectivity index (χ2v) is 10.0. The van der Waals surface area contributed by atoms with Crippen LogP contribution >= 0.6 is 10.6 Å². The zero-order valence-electron chi connectivity index (χ0n) is 16.4. The number of nitrogens with one attached hydrogen (secondary N) is 1. The largest absolute Gasteiger partial charge is 0.367 e. The Hall–Kier alpha value is -2.07. The highest BCUT2D eigenvalue weighted by molar-refractivity contribution is 8.24. The monoisotopic (exact) mass is 423 g/mol. The van der Waals surface area contributed by atoms with E-state index in [9.17, 15) is 18.7 Å². The van der Waals surface area contributed by atoms with E-state index >= 15 is 0 Å². The molecule has 3 rings (SSSR count). The number of rotatable bonds is 5. The van der Waals surface area contributed by atoms with Gasteiger partial charge in [0, 0.05) is 55.9 Å². The first-order valence-electron chi connectivity index (χ1n) is 9.85. The van der Waals surface area contributed by atoms with Gasteiger partial charge in [-0.1, -0.05) is 18.2 Å². The average molecular weight is 424 g/mol. The van der Waals surface area contributed by atoms with Crippen LogP contribution in [0.4, 0.5) is 5.69 Å². The molecule has 160 valence electrons. The number of anilines is 1. The standard InChI is InChI=1S/C20H29N3O5S/c24-19(21-26)6-5-17-3-1-2-4-18(17)22-9-11-23(12-10-22)20(25)15-16-7-13-29(27,28)14-8-16/h1-6,16,26-28H,7-15H2,(H,21,24). The van der Waals surface area contributed by atoms with E-state index < -0.39 is 16.5 Å². The second-order valence-electron chi connectivity index (χ2n) is 7.59. The van der Waals surface area contributed by atoms with Gasteiger partial charge in [0.15, 0.2) is 0 Å². The Balaban J connectivity index is 1.54. The van der Waals surface area contributed by atoms with E-state index in [-0.39, 0.29) is 11.8 Å². The number of hydrogen-bond donors (Lipinski definition) is 4. The van der Waals surface area contributed by atoms with Crippen molar-refractivity contribution in [3.63, 3.8) is 0 Å². The Morgan fingerprint density at radius 3 is 2.41 bits per heavy atom. The first kappa shape index (κ1) is 21.6. The smallest absolute Gasteiger partial charge is 0.267 e. The SMILES string of the molecule is O=C(C=Cc1ccccc1N1CCN(C(=O)CC2CCS(O)(O)CC2)CC1)NO. The van der Waals surface area contributed by atoms with Crippen LogP contribution in [0.5, 0.6) is 0 Å². The van der Waals surface area contributed by atoms with Crippen LogP contribution in [0.15, 0.2) is 30.3 Å². The quantitative estimate of drug-likeness (QED) is 0.329. The Bertz CT molecular complexity index is 752. The minimum Gasteiger partial charge on any atom is -0.367 e. The topological polar surface area (TPSA) is 113 Å². The summed E-state index contributed by atoms with van der Waals surface area (Å²) >= 11 is 0. The lowest BCUT2D eigenvalue weighted by Crippen LogP contribution is -2.49. The van der Waals surface area contributed by atoms with E-state index in [0.29, 0.717) is 56.9 Å². The molecule has 0 bridgehead atoms. The molecule has 2 fully saturated rings. The van der Waals surface area contributed by atoms with Gasteiger partial charge in [-0.15, -0.1) is 0 Å². The van der Waals surface area contributed by atoms with E-state index in [4.69, 9.17) is 5.21 Å². The molecule has 0 aliphatic carbocycles. The molecule has 9 heteroatoms. The molecule has 29 heavy (non-hydrogen) atoms. The molecule has 2 aliphatic rings. The van der Waals surface area contributed by atoms with Gasteiger partial charge in [0.05, 0.1) is 0 Å². The van der Waals surface area contributed by atoms with E-state index in [1.165, 1.54) is 6.08 Å². The van der Waals surface area contributed by atoms with E-state index in [1.54, 1.807) is 11.6 Å². The molecule has 0 unspecified atom stereocenters. The number of carbonyl (C=O) groups is 2. The minimum absolute atomic E-state index is 0.140. The van der Waals surface area contributed by atoms with Crippen LogP contribution in [0, 0.1) is 5.92 Å². The van der Waals surface area contributed by atoms with Crippen LogP contribution < -0.4 is 10.4 Å². The van der Waals surface area contributed by atoms with Crippen LogP contribution in [-0.4, -0.2) is 68.7 Å². The third kappa shape index (κ3) is 5.96. The molecule has 0 saturated carbocycles. The van der Waals surface area contributed by atoms with Crippen LogP contribution in [0.3, 0.4) is 0 Å². The number of nitrogens with zero attached hydrogens (tertiary/aromatic N) is 2. The van der Waals surface area contributed by atoms with Crippen molar-refractivity contribution in [2.45, 2.75) is 19.3 Å². The molecule has 0 aromatic heterocycles. The number of amides is 2. The van der Waals surface area contributed by atoms with Gasteiger partial charge < -0.3 is 9.80 Å². The fourth-order valence-electron chi connectivity index (χ4n) is 3.85. The van der Waals surface area contributed by atoms with Gasteiger partial charge in [-0.25, -0.2) is 5.48 Å². The average Bonchev–Trinajstić information content (AvgIpc) is 2.73. The fourth-order valence-corrected chi connectivity index (χ4v) is 5.48. The molecule has 2 aliphatic heterocycles. The zero-order valence-corrected chi connectivity index (χ0v) is 17.2. The normalized spacial score (nSPS) is 21.2. The third-order valence-corrected chi connectivity index (χ3v) is 7.38. The first-order valence-corrected chi connectivity index (χ1v) is 11.7. The van der Waals surface area contributed by atoms with Crippen LogP contribution in [0.1, 0.15) is 24.8 Å². The van der Waals surface area contributed by atoms with Gasteiger partial charge in [0.25, 0.3) is 5.91 Å². The molecule has 0 radical (unpaired) electrons. The van der Waals surface area contributed by atoms with Crippen molar-refractivity contribution in [1.29, 1.82) is 0 Å². The summed E-state index contributed by atoms with van der Waals surface area (Å²) in [6.45, 7) is 2.67. The lowest BCUT2D eigenvalue weighted by molar-refractivity contribution is -0.132. The van der Waals surface area contributed by atoms with Crippen molar-refractivity contribution < 1.29 is 23.9 Å². The summed E-state index contributed by atoms with van der Waals surface area (Å²) in [5, 5.41) is 8.63. The Kier molecular flexibility index (Phi) is 7.18. The molecule has 8 nitrogen and oxygen atoms in total. The van der Waals surface area contributed by atoms with Crippen molar-refractivity contribution in [2.24, 2.45) is 5.92 Å². The lowest BCUT2D eigenvalue weighted by Gasteiger charge is -2.40. The maximum absolute atomic E-state index is 12.7. The van der Waals surface area contributed by atoms with Crippen molar-refractivity contribution in [3.05, 3.63) is 35.9 Å². The van der Waals surface area contributed by atoms with Crippen molar-refractivity contribution >= 4 is 34.2 Å². The van der Waals surface area contributed by atoms with Crippen LogP contribution in [0.25, 0.3) is 6.08 Å². The van der Waals surface area contributed by atoms with Gasteiger partial charge in [-0.05, 0) is 36.5 Å². The summed E-state index contributed by atoms with van der Waals surface area (Å²) in [7, 11) is -2.41. The van der Waals surface area contributed by atoms with E-state index in [1.807, 2.05) is 29.2 Å². The Morgan fingerprint density at radius 1 is 1.10 bits per heavy atom. The second kappa shape index (κ2) is 9.62. The number of piperazine rings is 1. The number of para-hydroxylation sites is 1. The highest BCUT2D eigenvalue weighted by Crippen LogP contribution is 2.46. The maximum atomic E-state index is 12.7. The molecule has 1 aromatic carbocycles. The molecule has 2 heterocycles. The molecule has 2 saturated heterocycles. The van der Waals surface area contributed by atoms with Gasteiger partial charge in [0.2, 0.25) is 5.91 Å². The predicted octanol–water partition coefficient (Wildman–Crippen LogP) is 2.40. The summed E-state index contributed by atoms with van der Waals surface area (Å²) in [6, 6.07) is 7.71. The maximum Gasteiger partial charge on any atom is 0.267 e. The van der Waals surface area contributed by atoms with Gasteiger partial charge in [-0.3, -0.25) is 23.9 Å². The number of benzene rings is 1. The molecule has 4 N–H and O–H groups in total. The molecule has 0 atom stereocenters. The summed E-state index contributed by atoms with van der Waals surface area (Å²) in [5.74, 6) is 0.623. The summed E-state index contributed by atoms with van der Waals surface area (Å²) in [5.41, 5.74) is 3.44. The van der Waals surface area contributed by atoms with Gasteiger partial charge >= 0.3 is 0 Å². The Labute approximate surface area is 172 Å². The number of hydroxylamine groups is 1. The molecular weight excluding hydrogens is 394 g/mol. The van der Waals surface area contributed by atoms with Crippen molar-refractivity contribution in [2.75, 3.05) is 42.6 Å². The highest BCUT2D eigenvalue weighted by Gasteiger charge is 2.28. The van der Waals surface area contributed by atoms with E-state index in [2.05, 4.69) is 4.90 Å². The van der Waals surface area contributed by atoms with Gasteiger partial charge in [0.1, 0.15) is 0 Å². The van der Waals surface area contributed by atoms with Crippen LogP contribution in [-0.2, 0) is 9.59 Å². The fraction of sp³-hybridized carbons (Fsp3) is 0.500. The highest BCUT2D eigenvalue weighted by atomic mass is 32.3. The molecule has 2 amide bonds. The van der Waals surface area contributed by atoms with Crippen molar-refractivity contribution in [1.82, 2.24) is 10.4 Å². The van der Waals surface area contributed by atoms with Gasteiger partial charge in [-0.2, -0.15) is 10.6 Å². The molecular formula is C20H29N3O5S. The summed E-state index contributed by atoms with van der Waals surface area (Å²) in [6.07, 6.45) is 4.82. The van der Waals surface area contributed by atoms with Crippen LogP contribution in [0.2, 0.25) is 0 Å². The molecule has 1 aromatic rings. The summed E-state index contributed by atoms with van der Waals surface area (Å²) < 4.78 is 19.4. The Morgan fingerprint density at radius 2 is 1.76 bits per heavy atom. The van der Waals surface area contributed by atoms with E-state index in [0.717, 1.165) is 11.3 Å². The first-order chi connectivity index (χ1) is 13.9. The third-order valence-electron chi connectivity index (χ3n) is 5.60. The van der Waals surface area contributed by atoms with Crippen molar-refractivity contribution in [3.8, 4) is 0 Å². The lowest BCUT2D eigenvalue weighted by atomic mass is 9.98.